The summed E-state index contributed by atoms with van der Waals surface area (Å²) in [5.41, 5.74) is 0.0862. The lowest BCUT2D eigenvalue weighted by atomic mass is 10.1. The number of nitrogens with one attached hydrogen (secondary N) is 1. The first-order valence-corrected chi connectivity index (χ1v) is 5.29. The Bertz CT molecular complexity index is 293. The van der Waals surface area contributed by atoms with E-state index in [-0.39, 0.29) is 12.0 Å². The maximum atomic E-state index is 9.68. The molecule has 1 aromatic rings. The fourth-order valence-corrected chi connectivity index (χ4v) is 1.62. The van der Waals surface area contributed by atoms with Crippen LogP contribution in [0.2, 0.25) is 0 Å². The van der Waals surface area contributed by atoms with Gasteiger partial charge in [0.25, 0.3) is 0 Å². The summed E-state index contributed by atoms with van der Waals surface area (Å²) >= 11 is 0. The molecule has 0 radical (unpaired) electrons. The van der Waals surface area contributed by atoms with Crippen LogP contribution in [0.15, 0.2) is 22.8 Å². The first-order chi connectivity index (χ1) is 7.26. The molecule has 0 aromatic carbocycles. The van der Waals surface area contributed by atoms with Gasteiger partial charge in [0, 0.05) is 25.1 Å². The van der Waals surface area contributed by atoms with E-state index in [1.165, 1.54) is 0 Å². The number of rotatable bonds is 6. The van der Waals surface area contributed by atoms with Crippen LogP contribution in [-0.4, -0.2) is 29.9 Å². The van der Waals surface area contributed by atoms with Crippen molar-refractivity contribution in [2.75, 3.05) is 19.7 Å². The van der Waals surface area contributed by atoms with Crippen LogP contribution in [0, 0.1) is 5.41 Å². The summed E-state index contributed by atoms with van der Waals surface area (Å²) in [6.45, 7) is 1.47. The normalized spacial score (nSPS) is 20.1. The van der Waals surface area contributed by atoms with E-state index >= 15 is 0 Å². The van der Waals surface area contributed by atoms with Gasteiger partial charge in [-0.25, -0.2) is 0 Å². The van der Waals surface area contributed by atoms with Gasteiger partial charge in [-0.1, -0.05) is 0 Å². The Balaban J connectivity index is 1.70. The molecule has 1 saturated carbocycles. The molecule has 1 atom stereocenters. The number of aliphatic hydroxyl groups excluding tert-OH is 2. The quantitative estimate of drug-likeness (QED) is 0.647. The lowest BCUT2D eigenvalue weighted by Crippen LogP contribution is -2.29. The zero-order chi connectivity index (χ0) is 10.7. The van der Waals surface area contributed by atoms with Gasteiger partial charge in [0.1, 0.15) is 11.9 Å². The summed E-state index contributed by atoms with van der Waals surface area (Å²) < 4.78 is 5.08. The summed E-state index contributed by atoms with van der Waals surface area (Å²) in [4.78, 5) is 0. The van der Waals surface area contributed by atoms with Crippen LogP contribution in [0.4, 0.5) is 0 Å². The van der Waals surface area contributed by atoms with Gasteiger partial charge in [0.05, 0.1) is 6.26 Å². The average Bonchev–Trinajstić information content (AvgIpc) is 2.81. The first kappa shape index (κ1) is 10.7. The van der Waals surface area contributed by atoms with Crippen LogP contribution in [-0.2, 0) is 0 Å². The van der Waals surface area contributed by atoms with Gasteiger partial charge in [-0.15, -0.1) is 0 Å². The zero-order valence-electron chi connectivity index (χ0n) is 8.65. The molecule has 0 spiro atoms. The van der Waals surface area contributed by atoms with Crippen LogP contribution in [0.1, 0.15) is 24.7 Å². The molecule has 1 aromatic heterocycles. The van der Waals surface area contributed by atoms with E-state index in [1.54, 1.807) is 18.4 Å². The van der Waals surface area contributed by atoms with Gasteiger partial charge >= 0.3 is 0 Å². The smallest absolute Gasteiger partial charge is 0.133 e. The minimum atomic E-state index is -0.602. The molecule has 1 aliphatic rings. The summed E-state index contributed by atoms with van der Waals surface area (Å²) in [6, 6.07) is 3.51. The Morgan fingerprint density at radius 3 is 2.87 bits per heavy atom. The van der Waals surface area contributed by atoms with Crippen LogP contribution >= 0.6 is 0 Å². The van der Waals surface area contributed by atoms with Crippen molar-refractivity contribution in [3.8, 4) is 0 Å². The molecule has 1 unspecified atom stereocenters. The second-order valence-corrected chi connectivity index (χ2v) is 4.32. The fraction of sp³-hybridized carbons (Fsp3) is 0.636. The van der Waals surface area contributed by atoms with Crippen molar-refractivity contribution in [1.82, 2.24) is 5.32 Å². The Morgan fingerprint density at radius 1 is 1.53 bits per heavy atom. The SMILES string of the molecule is OCC1(CNCC(O)c2ccco2)CC1. The molecule has 1 aliphatic carbocycles. The van der Waals surface area contributed by atoms with E-state index in [1.807, 2.05) is 0 Å². The van der Waals surface area contributed by atoms with Crippen molar-refractivity contribution in [2.45, 2.75) is 18.9 Å². The van der Waals surface area contributed by atoms with Gasteiger partial charge in [0.2, 0.25) is 0 Å². The van der Waals surface area contributed by atoms with Crippen LogP contribution < -0.4 is 5.32 Å². The van der Waals surface area contributed by atoms with Crippen LogP contribution in [0.25, 0.3) is 0 Å². The van der Waals surface area contributed by atoms with Gasteiger partial charge in [0.15, 0.2) is 0 Å². The molecule has 0 aliphatic heterocycles. The number of hydrogen-bond acceptors (Lipinski definition) is 4. The van der Waals surface area contributed by atoms with Crippen molar-refractivity contribution in [3.05, 3.63) is 24.2 Å². The van der Waals surface area contributed by atoms with E-state index in [0.29, 0.717) is 12.3 Å². The van der Waals surface area contributed by atoms with Crippen molar-refractivity contribution >= 4 is 0 Å². The Hall–Kier alpha value is -0.840. The standard InChI is InChI=1S/C11H17NO3/c13-8-11(3-4-11)7-12-6-9(14)10-2-1-5-15-10/h1-2,5,9,12-14H,3-4,6-8H2. The first-order valence-electron chi connectivity index (χ1n) is 5.29. The Labute approximate surface area is 88.9 Å². The molecule has 4 heteroatoms. The van der Waals surface area contributed by atoms with E-state index in [0.717, 1.165) is 19.4 Å². The highest BCUT2D eigenvalue weighted by molar-refractivity contribution is 5.02. The number of aliphatic hydroxyl groups is 2. The molecular weight excluding hydrogens is 194 g/mol. The third kappa shape index (κ3) is 2.59. The molecule has 1 fully saturated rings. The second kappa shape index (κ2) is 4.35. The highest BCUT2D eigenvalue weighted by Crippen LogP contribution is 2.44. The largest absolute Gasteiger partial charge is 0.467 e. The molecule has 0 bridgehead atoms. The lowest BCUT2D eigenvalue weighted by Gasteiger charge is -2.14. The maximum Gasteiger partial charge on any atom is 0.133 e. The van der Waals surface area contributed by atoms with E-state index in [4.69, 9.17) is 9.52 Å². The average molecular weight is 211 g/mol. The summed E-state index contributed by atoms with van der Waals surface area (Å²) in [6.07, 6.45) is 3.10. The minimum absolute atomic E-state index is 0.0862. The molecule has 4 nitrogen and oxygen atoms in total. The summed E-state index contributed by atoms with van der Waals surface area (Å²) in [5, 5.41) is 21.9. The van der Waals surface area contributed by atoms with Crippen LogP contribution in [0.3, 0.4) is 0 Å². The molecule has 2 rings (SSSR count). The zero-order valence-corrected chi connectivity index (χ0v) is 8.65. The maximum absolute atomic E-state index is 9.68. The van der Waals surface area contributed by atoms with Crippen molar-refractivity contribution in [1.29, 1.82) is 0 Å². The second-order valence-electron chi connectivity index (χ2n) is 4.32. The highest BCUT2D eigenvalue weighted by Gasteiger charge is 2.41. The van der Waals surface area contributed by atoms with Gasteiger partial charge in [-0.3, -0.25) is 0 Å². The predicted molar refractivity (Wildman–Crippen MR) is 55.3 cm³/mol. The van der Waals surface area contributed by atoms with Crippen molar-refractivity contribution < 1.29 is 14.6 Å². The third-order valence-corrected chi connectivity index (χ3v) is 3.00. The van der Waals surface area contributed by atoms with Crippen molar-refractivity contribution in [2.24, 2.45) is 5.41 Å². The minimum Gasteiger partial charge on any atom is -0.467 e. The Kier molecular flexibility index (Phi) is 3.09. The topological polar surface area (TPSA) is 65.6 Å². The highest BCUT2D eigenvalue weighted by atomic mass is 16.4. The van der Waals surface area contributed by atoms with Gasteiger partial charge < -0.3 is 19.9 Å². The monoisotopic (exact) mass is 211 g/mol. The lowest BCUT2D eigenvalue weighted by molar-refractivity contribution is 0.140. The molecule has 15 heavy (non-hydrogen) atoms. The summed E-state index contributed by atoms with van der Waals surface area (Å²) in [7, 11) is 0. The third-order valence-electron chi connectivity index (χ3n) is 3.00. The predicted octanol–water partition coefficient (Wildman–Crippen LogP) is 0.675. The molecule has 1 heterocycles. The molecule has 0 saturated heterocycles. The van der Waals surface area contributed by atoms with Gasteiger partial charge in [-0.05, 0) is 25.0 Å². The van der Waals surface area contributed by atoms with Gasteiger partial charge in [-0.2, -0.15) is 0 Å². The summed E-state index contributed by atoms with van der Waals surface area (Å²) in [5.74, 6) is 0.580. The van der Waals surface area contributed by atoms with E-state index in [2.05, 4.69) is 5.32 Å². The molecule has 84 valence electrons. The number of hydrogen-bond donors (Lipinski definition) is 3. The number of furan rings is 1. The van der Waals surface area contributed by atoms with E-state index in [9.17, 15) is 5.11 Å². The fourth-order valence-electron chi connectivity index (χ4n) is 1.62. The van der Waals surface area contributed by atoms with Crippen molar-refractivity contribution in [3.63, 3.8) is 0 Å². The molecule has 3 N–H and O–H groups in total. The van der Waals surface area contributed by atoms with E-state index < -0.39 is 6.10 Å². The molecule has 0 amide bonds. The van der Waals surface area contributed by atoms with Crippen LogP contribution in [0.5, 0.6) is 0 Å². The Morgan fingerprint density at radius 2 is 2.33 bits per heavy atom. The molecular formula is C11H17NO3.